The lowest BCUT2D eigenvalue weighted by Gasteiger charge is -2.10. The van der Waals surface area contributed by atoms with Crippen LogP contribution >= 0.6 is 11.3 Å². The molecule has 0 saturated heterocycles. The molecule has 2 aromatic carbocycles. The van der Waals surface area contributed by atoms with E-state index < -0.39 is 24.1 Å². The average molecular weight is 589 g/mol. The van der Waals surface area contributed by atoms with Gasteiger partial charge >= 0.3 is 0 Å². The highest BCUT2D eigenvalue weighted by molar-refractivity contribution is 7.22. The standard InChI is InChI=1S/C30H29FN6O4S/c1-18-23(17-32-12-13-40-2)37-30(34-18)26-15-22-29(42-26)25(10-11-33-22)41-24-9-8-20(14-21(24)31)36-28(39)16-27(38)35-19-6-4-3-5-7-19/h3-11,14-15,32H,12-13,16-17H2,1-2H3,(H,34,37)(H,35,38)(H,36,39). The molecule has 2 amide bonds. The molecule has 10 nitrogen and oxygen atoms in total. The Kier molecular flexibility index (Phi) is 9.17. The number of benzene rings is 2. The number of pyridine rings is 1. The third-order valence-electron chi connectivity index (χ3n) is 6.18. The van der Waals surface area contributed by atoms with Gasteiger partial charge in [-0.3, -0.25) is 14.6 Å². The van der Waals surface area contributed by atoms with Gasteiger partial charge in [-0.2, -0.15) is 0 Å². The van der Waals surface area contributed by atoms with Crippen LogP contribution in [0, 0.1) is 12.7 Å². The Labute approximate surface area is 245 Å². The average Bonchev–Trinajstić information content (AvgIpc) is 3.57. The van der Waals surface area contributed by atoms with Gasteiger partial charge in [0.15, 0.2) is 11.6 Å². The maximum absolute atomic E-state index is 15.0. The number of fused-ring (bicyclic) bond motifs is 1. The first-order valence-corrected chi connectivity index (χ1v) is 14.0. The van der Waals surface area contributed by atoms with Gasteiger partial charge in [0.2, 0.25) is 11.8 Å². The third kappa shape index (κ3) is 7.16. The molecule has 3 aromatic heterocycles. The van der Waals surface area contributed by atoms with Gasteiger partial charge in [0.05, 0.1) is 27.4 Å². The summed E-state index contributed by atoms with van der Waals surface area (Å²) in [6.07, 6.45) is 1.19. The summed E-state index contributed by atoms with van der Waals surface area (Å²) in [4.78, 5) is 37.8. The van der Waals surface area contributed by atoms with Crippen LogP contribution in [0.4, 0.5) is 15.8 Å². The molecule has 0 radical (unpaired) electrons. The van der Waals surface area contributed by atoms with Crippen molar-refractivity contribution in [3.05, 3.63) is 84.1 Å². The molecular formula is C30H29FN6O4S. The zero-order chi connectivity index (χ0) is 29.5. The van der Waals surface area contributed by atoms with Gasteiger partial charge in [0.25, 0.3) is 0 Å². The summed E-state index contributed by atoms with van der Waals surface area (Å²) in [5.41, 5.74) is 3.36. The van der Waals surface area contributed by atoms with E-state index in [1.807, 2.05) is 19.1 Å². The fourth-order valence-corrected chi connectivity index (χ4v) is 5.15. The molecule has 3 heterocycles. The highest BCUT2D eigenvalue weighted by Crippen LogP contribution is 2.39. The second-order valence-corrected chi connectivity index (χ2v) is 10.4. The second kappa shape index (κ2) is 13.3. The number of aromatic nitrogens is 3. The van der Waals surface area contributed by atoms with Crippen molar-refractivity contribution in [2.24, 2.45) is 0 Å². The monoisotopic (exact) mass is 588 g/mol. The van der Waals surface area contributed by atoms with Gasteiger partial charge in [-0.1, -0.05) is 18.2 Å². The maximum atomic E-state index is 15.0. The number of nitrogens with zero attached hydrogens (tertiary/aromatic N) is 2. The molecule has 0 spiro atoms. The van der Waals surface area contributed by atoms with Crippen LogP contribution < -0.4 is 20.7 Å². The maximum Gasteiger partial charge on any atom is 0.233 e. The lowest BCUT2D eigenvalue weighted by molar-refractivity contribution is -0.123. The topological polar surface area (TPSA) is 130 Å². The SMILES string of the molecule is COCCNCc1nc(-c2cc3nccc(Oc4ccc(NC(=O)CC(=O)Nc5ccccc5)cc4F)c3s2)[nH]c1C. The molecule has 0 saturated carbocycles. The number of carbonyl (C=O) groups excluding carboxylic acids is 2. The summed E-state index contributed by atoms with van der Waals surface area (Å²) in [5.74, 6) is -0.578. The second-order valence-electron chi connectivity index (χ2n) is 9.35. The molecule has 216 valence electrons. The summed E-state index contributed by atoms with van der Waals surface area (Å²) in [5, 5.41) is 8.48. The zero-order valence-electron chi connectivity index (χ0n) is 23.0. The number of aromatic amines is 1. The van der Waals surface area contributed by atoms with Crippen molar-refractivity contribution in [3.8, 4) is 22.2 Å². The quantitative estimate of drug-likeness (QED) is 0.110. The van der Waals surface area contributed by atoms with E-state index in [9.17, 15) is 9.59 Å². The highest BCUT2D eigenvalue weighted by Gasteiger charge is 2.17. The van der Waals surface area contributed by atoms with Gasteiger partial charge in [-0.05, 0) is 37.3 Å². The zero-order valence-corrected chi connectivity index (χ0v) is 23.8. The van der Waals surface area contributed by atoms with E-state index in [4.69, 9.17) is 14.5 Å². The van der Waals surface area contributed by atoms with Crippen LogP contribution in [0.2, 0.25) is 0 Å². The van der Waals surface area contributed by atoms with Crippen LogP contribution in [0.15, 0.2) is 66.9 Å². The van der Waals surface area contributed by atoms with Crippen molar-refractivity contribution in [2.75, 3.05) is 30.9 Å². The molecule has 42 heavy (non-hydrogen) atoms. The largest absolute Gasteiger partial charge is 0.453 e. The van der Waals surface area contributed by atoms with E-state index in [0.29, 0.717) is 35.9 Å². The first kappa shape index (κ1) is 28.9. The molecule has 0 aliphatic rings. The van der Waals surface area contributed by atoms with Crippen molar-refractivity contribution in [1.29, 1.82) is 0 Å². The summed E-state index contributed by atoms with van der Waals surface area (Å²) in [6, 6.07) is 16.5. The number of imidazole rings is 1. The molecule has 0 aliphatic heterocycles. The Bertz CT molecular complexity index is 1710. The van der Waals surface area contributed by atoms with Crippen LogP contribution in [-0.4, -0.2) is 47.0 Å². The van der Waals surface area contributed by atoms with Crippen LogP contribution in [0.1, 0.15) is 17.8 Å². The molecular weight excluding hydrogens is 559 g/mol. The first-order chi connectivity index (χ1) is 20.4. The van der Waals surface area contributed by atoms with E-state index in [0.717, 1.165) is 33.6 Å². The smallest absolute Gasteiger partial charge is 0.233 e. The highest BCUT2D eigenvalue weighted by atomic mass is 32.1. The Morgan fingerprint density at radius 1 is 1.00 bits per heavy atom. The number of amides is 2. The van der Waals surface area contributed by atoms with Gasteiger partial charge in [-0.15, -0.1) is 11.3 Å². The summed E-state index contributed by atoms with van der Waals surface area (Å²) >= 11 is 1.43. The van der Waals surface area contributed by atoms with Crippen LogP contribution in [-0.2, 0) is 20.9 Å². The van der Waals surface area contributed by atoms with Crippen molar-refractivity contribution < 1.29 is 23.5 Å². The number of hydrogen-bond donors (Lipinski definition) is 4. The molecule has 12 heteroatoms. The Morgan fingerprint density at radius 3 is 2.55 bits per heavy atom. The number of anilines is 2. The van der Waals surface area contributed by atoms with E-state index >= 15 is 4.39 Å². The number of hydrogen-bond acceptors (Lipinski definition) is 8. The predicted octanol–water partition coefficient (Wildman–Crippen LogP) is 5.63. The molecule has 0 aliphatic carbocycles. The molecule has 0 atom stereocenters. The van der Waals surface area contributed by atoms with Gasteiger partial charge in [0, 0.05) is 55.6 Å². The fraction of sp³-hybridized carbons (Fsp3) is 0.200. The number of rotatable bonds is 12. The van der Waals surface area contributed by atoms with Gasteiger partial charge in [0.1, 0.15) is 18.0 Å². The van der Waals surface area contributed by atoms with Gasteiger partial charge in [-0.25, -0.2) is 9.37 Å². The van der Waals surface area contributed by atoms with E-state index in [1.54, 1.807) is 43.6 Å². The predicted molar refractivity (Wildman–Crippen MR) is 160 cm³/mol. The summed E-state index contributed by atoms with van der Waals surface area (Å²) < 4.78 is 26.7. The molecule has 0 unspecified atom stereocenters. The van der Waals surface area contributed by atoms with Crippen molar-refractivity contribution in [2.45, 2.75) is 19.9 Å². The van der Waals surface area contributed by atoms with Gasteiger partial charge < -0.3 is 30.4 Å². The number of methoxy groups -OCH3 is 1. The Balaban J connectivity index is 1.25. The summed E-state index contributed by atoms with van der Waals surface area (Å²) in [6.45, 7) is 3.92. The molecule has 0 fully saturated rings. The number of H-pyrrole nitrogens is 1. The number of para-hydroxylation sites is 1. The van der Waals surface area contributed by atoms with E-state index in [2.05, 4.69) is 25.9 Å². The number of thiophene rings is 1. The van der Waals surface area contributed by atoms with Crippen LogP contribution in [0.25, 0.3) is 20.9 Å². The van der Waals surface area contributed by atoms with E-state index in [-0.39, 0.29) is 11.4 Å². The van der Waals surface area contributed by atoms with E-state index in [1.165, 1.54) is 23.5 Å². The molecule has 5 rings (SSSR count). The minimum Gasteiger partial charge on any atom is -0.453 e. The normalized spacial score (nSPS) is 11.0. The number of carbonyl (C=O) groups is 2. The minimum atomic E-state index is -0.671. The lowest BCUT2D eigenvalue weighted by atomic mass is 10.2. The Morgan fingerprint density at radius 2 is 1.79 bits per heavy atom. The number of aryl methyl sites for hydroxylation is 1. The Hall–Kier alpha value is -4.65. The molecule has 4 N–H and O–H groups in total. The third-order valence-corrected chi connectivity index (χ3v) is 7.33. The number of halogens is 1. The number of nitrogens with one attached hydrogen (secondary N) is 4. The van der Waals surface area contributed by atoms with Crippen molar-refractivity contribution >= 4 is 44.7 Å². The number of ether oxygens (including phenoxy) is 2. The van der Waals surface area contributed by atoms with Crippen molar-refractivity contribution in [1.82, 2.24) is 20.3 Å². The van der Waals surface area contributed by atoms with Crippen molar-refractivity contribution in [3.63, 3.8) is 0 Å². The van der Waals surface area contributed by atoms with Crippen LogP contribution in [0.3, 0.4) is 0 Å². The lowest BCUT2D eigenvalue weighted by Crippen LogP contribution is -2.21. The summed E-state index contributed by atoms with van der Waals surface area (Å²) in [7, 11) is 1.66. The minimum absolute atomic E-state index is 0.0180. The molecule has 5 aromatic rings. The van der Waals surface area contributed by atoms with Crippen LogP contribution in [0.5, 0.6) is 11.5 Å². The first-order valence-electron chi connectivity index (χ1n) is 13.2. The molecule has 0 bridgehead atoms. The fourth-order valence-electron chi connectivity index (χ4n) is 4.14.